The Morgan fingerprint density at radius 2 is 1.96 bits per heavy atom. The van der Waals surface area contributed by atoms with Crippen molar-refractivity contribution in [1.29, 1.82) is 0 Å². The maximum atomic E-state index is 12.7. The summed E-state index contributed by atoms with van der Waals surface area (Å²) in [5.41, 5.74) is 0.887. The number of carbonyl (C=O) groups is 3. The van der Waals surface area contributed by atoms with Crippen LogP contribution in [0.1, 0.15) is 45.1 Å². The minimum Gasteiger partial charge on any atom is -0.481 e. The number of nitrogens with zero attached hydrogens (tertiary/aromatic N) is 1. The normalized spacial score (nSPS) is 19.2. The van der Waals surface area contributed by atoms with Crippen molar-refractivity contribution in [2.75, 3.05) is 25.2 Å². The molecule has 148 valence electrons. The van der Waals surface area contributed by atoms with Gasteiger partial charge in [-0.15, -0.1) is 0 Å². The standard InChI is InChI=1S/C20H28N2O5/c1-13(2)14-5-7-15(8-6-14)22-10-9-16(19(22)26)18(25)21-20(3,12-27-4)11-17(23)24/h5-8,13,16H,9-12H2,1-4H3,(H,21,25)(H,23,24). The highest BCUT2D eigenvalue weighted by Crippen LogP contribution is 2.27. The van der Waals surface area contributed by atoms with Crippen LogP contribution in [-0.4, -0.2) is 48.7 Å². The van der Waals surface area contributed by atoms with Gasteiger partial charge in [0.05, 0.1) is 18.6 Å². The maximum absolute atomic E-state index is 12.7. The number of carboxylic acid groups (broad SMARTS) is 1. The van der Waals surface area contributed by atoms with E-state index in [1.165, 1.54) is 12.7 Å². The van der Waals surface area contributed by atoms with Gasteiger partial charge in [0.25, 0.3) is 0 Å². The molecule has 0 aromatic heterocycles. The van der Waals surface area contributed by atoms with Crippen molar-refractivity contribution in [3.8, 4) is 0 Å². The monoisotopic (exact) mass is 376 g/mol. The molecule has 0 saturated carbocycles. The van der Waals surface area contributed by atoms with Gasteiger partial charge in [0.15, 0.2) is 0 Å². The SMILES string of the molecule is COCC(C)(CC(=O)O)NC(=O)C1CCN(c2ccc(C(C)C)cc2)C1=O. The maximum Gasteiger partial charge on any atom is 0.305 e. The van der Waals surface area contributed by atoms with Gasteiger partial charge in [0, 0.05) is 19.3 Å². The van der Waals surface area contributed by atoms with Crippen LogP contribution in [0, 0.1) is 5.92 Å². The van der Waals surface area contributed by atoms with Gasteiger partial charge < -0.3 is 20.1 Å². The van der Waals surface area contributed by atoms with Crippen LogP contribution in [0.3, 0.4) is 0 Å². The van der Waals surface area contributed by atoms with Gasteiger partial charge in [-0.1, -0.05) is 26.0 Å². The molecule has 2 rings (SSSR count). The Kier molecular flexibility index (Phi) is 6.59. The highest BCUT2D eigenvalue weighted by molar-refractivity contribution is 6.09. The van der Waals surface area contributed by atoms with E-state index in [4.69, 9.17) is 9.84 Å². The molecule has 0 radical (unpaired) electrons. The molecule has 2 atom stereocenters. The number of nitrogens with one attached hydrogen (secondary N) is 1. The van der Waals surface area contributed by atoms with Gasteiger partial charge in [-0.25, -0.2) is 0 Å². The Hall–Kier alpha value is -2.41. The molecule has 0 bridgehead atoms. The van der Waals surface area contributed by atoms with Gasteiger partial charge in [0.1, 0.15) is 5.92 Å². The Balaban J connectivity index is 2.08. The van der Waals surface area contributed by atoms with Gasteiger partial charge in [0.2, 0.25) is 11.8 Å². The summed E-state index contributed by atoms with van der Waals surface area (Å²) < 4.78 is 5.05. The predicted molar refractivity (Wildman–Crippen MR) is 102 cm³/mol. The lowest BCUT2D eigenvalue weighted by Gasteiger charge is -2.29. The molecule has 2 N–H and O–H groups in total. The summed E-state index contributed by atoms with van der Waals surface area (Å²) in [6, 6.07) is 7.77. The first-order valence-electron chi connectivity index (χ1n) is 9.11. The number of carbonyl (C=O) groups excluding carboxylic acids is 2. The van der Waals surface area contributed by atoms with Crippen molar-refractivity contribution in [1.82, 2.24) is 5.32 Å². The molecule has 2 unspecified atom stereocenters. The third-order valence-electron chi connectivity index (χ3n) is 4.82. The summed E-state index contributed by atoms with van der Waals surface area (Å²) in [6.45, 7) is 6.31. The minimum atomic E-state index is -1.07. The van der Waals surface area contributed by atoms with E-state index in [2.05, 4.69) is 19.2 Å². The van der Waals surface area contributed by atoms with Crippen LogP contribution in [0.15, 0.2) is 24.3 Å². The molecule has 27 heavy (non-hydrogen) atoms. The number of hydrogen-bond acceptors (Lipinski definition) is 4. The van der Waals surface area contributed by atoms with Gasteiger partial charge in [-0.05, 0) is 37.0 Å². The molecule has 0 spiro atoms. The molecule has 0 aliphatic carbocycles. The van der Waals surface area contributed by atoms with Crippen LogP contribution in [0.25, 0.3) is 0 Å². The molecule has 1 aliphatic heterocycles. The van der Waals surface area contributed by atoms with E-state index >= 15 is 0 Å². The molecular formula is C20H28N2O5. The van der Waals surface area contributed by atoms with Crippen LogP contribution < -0.4 is 10.2 Å². The molecule has 2 amide bonds. The first-order chi connectivity index (χ1) is 12.7. The number of rotatable bonds is 8. The van der Waals surface area contributed by atoms with Crippen molar-refractivity contribution >= 4 is 23.5 Å². The van der Waals surface area contributed by atoms with E-state index in [9.17, 15) is 14.4 Å². The number of aliphatic carboxylic acids is 1. The second-order valence-electron chi connectivity index (χ2n) is 7.63. The molecule has 1 heterocycles. The van der Waals surface area contributed by atoms with Crippen LogP contribution in [0.5, 0.6) is 0 Å². The third kappa shape index (κ3) is 5.07. The second-order valence-corrected chi connectivity index (χ2v) is 7.63. The number of benzene rings is 1. The van der Waals surface area contributed by atoms with Gasteiger partial charge >= 0.3 is 5.97 Å². The Bertz CT molecular complexity index is 701. The van der Waals surface area contributed by atoms with Crippen molar-refractivity contribution in [2.24, 2.45) is 5.92 Å². The topological polar surface area (TPSA) is 95.9 Å². The minimum absolute atomic E-state index is 0.0479. The zero-order chi connectivity index (χ0) is 20.2. The largest absolute Gasteiger partial charge is 0.481 e. The summed E-state index contributed by atoms with van der Waals surface area (Å²) in [7, 11) is 1.44. The Morgan fingerprint density at radius 1 is 1.33 bits per heavy atom. The van der Waals surface area contributed by atoms with Crippen molar-refractivity contribution < 1.29 is 24.2 Å². The summed E-state index contributed by atoms with van der Waals surface area (Å²) in [5.74, 6) is -2.18. The molecule has 1 aromatic rings. The predicted octanol–water partition coefficient (Wildman–Crippen LogP) is 2.16. The number of anilines is 1. The van der Waals surface area contributed by atoms with Gasteiger partial charge in [-0.3, -0.25) is 14.4 Å². The lowest BCUT2D eigenvalue weighted by Crippen LogP contribution is -2.53. The van der Waals surface area contributed by atoms with E-state index in [-0.39, 0.29) is 18.9 Å². The molecular weight excluding hydrogens is 348 g/mol. The van der Waals surface area contributed by atoms with E-state index in [0.29, 0.717) is 18.9 Å². The van der Waals surface area contributed by atoms with Crippen molar-refractivity contribution in [3.05, 3.63) is 29.8 Å². The molecule has 1 saturated heterocycles. The third-order valence-corrected chi connectivity index (χ3v) is 4.82. The number of ether oxygens (including phenoxy) is 1. The second kappa shape index (κ2) is 8.52. The van der Waals surface area contributed by atoms with Crippen LogP contribution in [0.2, 0.25) is 0 Å². The fourth-order valence-electron chi connectivity index (χ4n) is 3.39. The van der Waals surface area contributed by atoms with Crippen molar-refractivity contribution in [3.63, 3.8) is 0 Å². The Labute approximate surface area is 159 Å². The Morgan fingerprint density at radius 3 is 2.48 bits per heavy atom. The van der Waals surface area contributed by atoms with E-state index in [1.54, 1.807) is 11.8 Å². The molecule has 7 heteroatoms. The number of amides is 2. The first kappa shape index (κ1) is 20.9. The number of hydrogen-bond donors (Lipinski definition) is 2. The summed E-state index contributed by atoms with van der Waals surface area (Å²) in [4.78, 5) is 38.1. The molecule has 1 aromatic carbocycles. The van der Waals surface area contributed by atoms with Crippen molar-refractivity contribution in [2.45, 2.75) is 45.1 Å². The van der Waals surface area contributed by atoms with Gasteiger partial charge in [-0.2, -0.15) is 0 Å². The highest BCUT2D eigenvalue weighted by Gasteiger charge is 2.40. The zero-order valence-corrected chi connectivity index (χ0v) is 16.3. The summed E-state index contributed by atoms with van der Waals surface area (Å²) >= 11 is 0. The van der Waals surface area contributed by atoms with Crippen LogP contribution >= 0.6 is 0 Å². The molecule has 1 aliphatic rings. The molecule has 7 nitrogen and oxygen atoms in total. The fraction of sp³-hybridized carbons (Fsp3) is 0.550. The summed E-state index contributed by atoms with van der Waals surface area (Å²) in [5, 5.41) is 11.8. The lowest BCUT2D eigenvalue weighted by molar-refractivity contribution is -0.140. The van der Waals surface area contributed by atoms with Crippen LogP contribution in [-0.2, 0) is 19.1 Å². The lowest BCUT2D eigenvalue weighted by atomic mass is 9.96. The average Bonchev–Trinajstić information content (AvgIpc) is 2.95. The zero-order valence-electron chi connectivity index (χ0n) is 16.3. The van der Waals surface area contributed by atoms with E-state index in [0.717, 1.165) is 5.69 Å². The number of carboxylic acids is 1. The quantitative estimate of drug-likeness (QED) is 0.678. The number of methoxy groups -OCH3 is 1. The average molecular weight is 376 g/mol. The molecule has 1 fully saturated rings. The highest BCUT2D eigenvalue weighted by atomic mass is 16.5. The van der Waals surface area contributed by atoms with E-state index in [1.807, 2.05) is 24.3 Å². The van der Waals surface area contributed by atoms with Crippen LogP contribution in [0.4, 0.5) is 5.69 Å². The first-order valence-corrected chi connectivity index (χ1v) is 9.11. The smallest absolute Gasteiger partial charge is 0.305 e. The fourth-order valence-corrected chi connectivity index (χ4v) is 3.39. The van der Waals surface area contributed by atoms with E-state index < -0.39 is 23.3 Å². The summed E-state index contributed by atoms with van der Waals surface area (Å²) in [6.07, 6.45) is 0.112.